The summed E-state index contributed by atoms with van der Waals surface area (Å²) in [5, 5.41) is 4.16. The van der Waals surface area contributed by atoms with Crippen molar-refractivity contribution in [1.82, 2.24) is 9.21 Å². The summed E-state index contributed by atoms with van der Waals surface area (Å²) >= 11 is 1.63. The summed E-state index contributed by atoms with van der Waals surface area (Å²) in [6, 6.07) is 7.20. The second-order valence-corrected chi connectivity index (χ2v) is 11.3. The summed E-state index contributed by atoms with van der Waals surface area (Å²) in [7, 11) is -3.69. The van der Waals surface area contributed by atoms with Gasteiger partial charge in [-0.2, -0.15) is 15.6 Å². The fourth-order valence-electron chi connectivity index (χ4n) is 5.16. The maximum absolute atomic E-state index is 13.3. The third kappa shape index (κ3) is 3.39. The minimum absolute atomic E-state index is 0.0765. The Hall–Kier alpha value is -1.77. The average molecular weight is 449 g/mol. The molecule has 0 radical (unpaired) electrons. The van der Waals surface area contributed by atoms with Crippen molar-refractivity contribution < 1.29 is 17.6 Å². The molecule has 5 nitrogen and oxygen atoms in total. The number of sulfonamides is 1. The van der Waals surface area contributed by atoms with E-state index in [1.165, 1.54) is 34.1 Å². The number of nitrogens with zero attached hydrogens (tertiary/aromatic N) is 2. The maximum Gasteiger partial charge on any atom is 0.243 e. The lowest BCUT2D eigenvalue weighted by Gasteiger charge is -2.39. The van der Waals surface area contributed by atoms with Crippen LogP contribution in [0.3, 0.4) is 0 Å². The molecule has 5 rings (SSSR count). The quantitative estimate of drug-likeness (QED) is 0.717. The van der Waals surface area contributed by atoms with Crippen LogP contribution in [0.4, 0.5) is 4.39 Å². The summed E-state index contributed by atoms with van der Waals surface area (Å²) in [4.78, 5) is 15.3. The molecule has 1 amide bonds. The standard InChI is InChI=1S/C22H25FN2O3S2/c23-17-4-6-18(7-5-17)30(27,28)24-10-8-21-20(12-24)19(16-9-11-29-14-16)13-25(21)22(26)15-2-1-3-15/h4-7,9,11,14-15,19-21H,1-3,8,10,12-13H2/t19-,20-,21-/m0/s1. The van der Waals surface area contributed by atoms with E-state index in [0.29, 0.717) is 26.1 Å². The SMILES string of the molecule is O=C(C1CCC1)N1C[C@@H](c2ccsc2)[C@@H]2CN(S(=O)(=O)c3ccc(F)cc3)CC[C@@H]21. The largest absolute Gasteiger partial charge is 0.338 e. The highest BCUT2D eigenvalue weighted by Crippen LogP contribution is 2.44. The number of halogens is 1. The van der Waals surface area contributed by atoms with Gasteiger partial charge in [-0.3, -0.25) is 4.79 Å². The molecule has 160 valence electrons. The average Bonchev–Trinajstić information content (AvgIpc) is 3.34. The molecule has 3 atom stereocenters. The molecule has 1 aromatic heterocycles. The first-order valence-corrected chi connectivity index (χ1v) is 12.9. The molecule has 3 heterocycles. The Kier molecular flexibility index (Phi) is 5.19. The van der Waals surface area contributed by atoms with Crippen LogP contribution in [0.25, 0.3) is 0 Å². The van der Waals surface area contributed by atoms with E-state index in [0.717, 1.165) is 19.3 Å². The van der Waals surface area contributed by atoms with Crippen LogP contribution < -0.4 is 0 Å². The van der Waals surface area contributed by atoms with Crippen molar-refractivity contribution in [3.8, 4) is 0 Å². The van der Waals surface area contributed by atoms with Gasteiger partial charge in [0.05, 0.1) is 4.90 Å². The zero-order valence-corrected chi connectivity index (χ0v) is 18.2. The number of amides is 1. The van der Waals surface area contributed by atoms with Gasteiger partial charge in [-0.05, 0) is 65.9 Å². The predicted octanol–water partition coefficient (Wildman–Crippen LogP) is 3.69. The van der Waals surface area contributed by atoms with Gasteiger partial charge < -0.3 is 4.90 Å². The van der Waals surface area contributed by atoms with Crippen LogP contribution in [0.1, 0.15) is 37.2 Å². The van der Waals surface area contributed by atoms with Gasteiger partial charge in [0.25, 0.3) is 0 Å². The van der Waals surface area contributed by atoms with E-state index in [4.69, 9.17) is 0 Å². The number of thiophene rings is 1. The van der Waals surface area contributed by atoms with Crippen molar-refractivity contribution in [2.75, 3.05) is 19.6 Å². The van der Waals surface area contributed by atoms with Crippen molar-refractivity contribution in [2.24, 2.45) is 11.8 Å². The number of carbonyl (C=O) groups excluding carboxylic acids is 1. The zero-order chi connectivity index (χ0) is 20.9. The molecule has 1 aliphatic carbocycles. The second-order valence-electron chi connectivity index (χ2n) is 8.62. The number of rotatable bonds is 4. The van der Waals surface area contributed by atoms with Crippen LogP contribution in [-0.2, 0) is 14.8 Å². The lowest BCUT2D eigenvalue weighted by atomic mass is 9.82. The number of piperidine rings is 1. The number of fused-ring (bicyclic) bond motifs is 1. The first kappa shape index (κ1) is 20.2. The molecular weight excluding hydrogens is 423 g/mol. The van der Waals surface area contributed by atoms with Gasteiger partial charge in [0, 0.05) is 43.4 Å². The summed E-state index contributed by atoms with van der Waals surface area (Å²) in [5.74, 6) is 0.173. The maximum atomic E-state index is 13.3. The normalized spacial score (nSPS) is 27.6. The fourth-order valence-corrected chi connectivity index (χ4v) is 7.38. The van der Waals surface area contributed by atoms with Crippen LogP contribution >= 0.6 is 11.3 Å². The van der Waals surface area contributed by atoms with Crippen molar-refractivity contribution in [3.05, 3.63) is 52.5 Å². The van der Waals surface area contributed by atoms with Crippen LogP contribution in [0.5, 0.6) is 0 Å². The van der Waals surface area contributed by atoms with E-state index in [1.807, 2.05) is 5.38 Å². The summed E-state index contributed by atoms with van der Waals surface area (Å²) in [6.07, 6.45) is 3.71. The van der Waals surface area contributed by atoms with Gasteiger partial charge in [-0.1, -0.05) is 6.42 Å². The third-order valence-corrected chi connectivity index (χ3v) is 9.63. The minimum Gasteiger partial charge on any atom is -0.338 e. The monoisotopic (exact) mass is 448 g/mol. The number of hydrogen-bond donors (Lipinski definition) is 0. The molecule has 30 heavy (non-hydrogen) atoms. The molecule has 2 saturated heterocycles. The molecule has 8 heteroatoms. The van der Waals surface area contributed by atoms with Crippen LogP contribution in [-0.4, -0.2) is 49.2 Å². The molecule has 3 fully saturated rings. The first-order valence-electron chi connectivity index (χ1n) is 10.5. The van der Waals surface area contributed by atoms with Gasteiger partial charge in [-0.25, -0.2) is 12.8 Å². The van der Waals surface area contributed by atoms with E-state index in [-0.39, 0.29) is 34.6 Å². The molecule has 0 bridgehead atoms. The Morgan fingerprint density at radius 1 is 1.07 bits per heavy atom. The summed E-state index contributed by atoms with van der Waals surface area (Å²) in [5.41, 5.74) is 1.19. The Bertz CT molecular complexity index is 1020. The third-order valence-electron chi connectivity index (χ3n) is 7.05. The molecule has 1 saturated carbocycles. The molecule has 2 aromatic rings. The van der Waals surface area contributed by atoms with E-state index in [9.17, 15) is 17.6 Å². The van der Waals surface area contributed by atoms with Gasteiger partial charge in [0.2, 0.25) is 15.9 Å². The van der Waals surface area contributed by atoms with E-state index < -0.39 is 15.8 Å². The highest BCUT2D eigenvalue weighted by molar-refractivity contribution is 7.89. The summed E-state index contributed by atoms with van der Waals surface area (Å²) < 4.78 is 41.2. The second kappa shape index (κ2) is 7.73. The van der Waals surface area contributed by atoms with Crippen molar-refractivity contribution in [2.45, 2.75) is 42.5 Å². The minimum atomic E-state index is -3.69. The Morgan fingerprint density at radius 2 is 1.83 bits per heavy atom. The Labute approximate surface area is 180 Å². The van der Waals surface area contributed by atoms with E-state index in [1.54, 1.807) is 11.3 Å². The highest BCUT2D eigenvalue weighted by Gasteiger charge is 2.50. The summed E-state index contributed by atoms with van der Waals surface area (Å²) in [6.45, 7) is 1.44. The number of carbonyl (C=O) groups is 1. The van der Waals surface area contributed by atoms with Crippen molar-refractivity contribution >= 4 is 27.3 Å². The Morgan fingerprint density at radius 3 is 2.47 bits per heavy atom. The first-order chi connectivity index (χ1) is 14.4. The van der Waals surface area contributed by atoms with Gasteiger partial charge >= 0.3 is 0 Å². The molecule has 3 aliphatic rings. The van der Waals surface area contributed by atoms with Gasteiger partial charge in [-0.15, -0.1) is 0 Å². The molecule has 0 spiro atoms. The van der Waals surface area contributed by atoms with Crippen LogP contribution in [0.2, 0.25) is 0 Å². The lowest BCUT2D eigenvalue weighted by molar-refractivity contribution is -0.139. The Balaban J connectivity index is 1.42. The highest BCUT2D eigenvalue weighted by atomic mass is 32.2. The van der Waals surface area contributed by atoms with E-state index in [2.05, 4.69) is 16.3 Å². The molecule has 0 unspecified atom stereocenters. The van der Waals surface area contributed by atoms with E-state index >= 15 is 0 Å². The topological polar surface area (TPSA) is 57.7 Å². The van der Waals surface area contributed by atoms with Crippen molar-refractivity contribution in [1.29, 1.82) is 0 Å². The molecule has 2 aliphatic heterocycles. The molecule has 1 aromatic carbocycles. The van der Waals surface area contributed by atoms with Crippen molar-refractivity contribution in [3.63, 3.8) is 0 Å². The number of benzene rings is 1. The zero-order valence-electron chi connectivity index (χ0n) is 16.6. The smallest absolute Gasteiger partial charge is 0.243 e. The molecule has 0 N–H and O–H groups in total. The number of hydrogen-bond acceptors (Lipinski definition) is 4. The predicted molar refractivity (Wildman–Crippen MR) is 113 cm³/mol. The van der Waals surface area contributed by atoms with Gasteiger partial charge in [0.15, 0.2) is 0 Å². The van der Waals surface area contributed by atoms with Crippen LogP contribution in [0, 0.1) is 17.7 Å². The van der Waals surface area contributed by atoms with Gasteiger partial charge in [0.1, 0.15) is 5.82 Å². The fraction of sp³-hybridized carbons (Fsp3) is 0.500. The lowest BCUT2D eigenvalue weighted by Crippen LogP contribution is -2.51. The number of likely N-dealkylation sites (tertiary alicyclic amines) is 1. The van der Waals surface area contributed by atoms with Crippen LogP contribution in [0.15, 0.2) is 46.0 Å². The molecular formula is C22H25FN2O3S2.